The second kappa shape index (κ2) is 4.39. The van der Waals surface area contributed by atoms with E-state index in [0.29, 0.717) is 12.7 Å². The molecule has 76 valence electrons. The third-order valence-corrected chi connectivity index (χ3v) is 2.30. The summed E-state index contributed by atoms with van der Waals surface area (Å²) in [6.07, 6.45) is 3.85. The van der Waals surface area contributed by atoms with Crippen LogP contribution in [0, 0.1) is 0 Å². The first-order chi connectivity index (χ1) is 6.90. The van der Waals surface area contributed by atoms with Crippen LogP contribution in [0.25, 0.3) is 0 Å². The summed E-state index contributed by atoms with van der Waals surface area (Å²) < 4.78 is 10.8. The highest BCUT2D eigenvalue weighted by Gasteiger charge is 2.17. The highest BCUT2D eigenvalue weighted by atomic mass is 16.5. The van der Waals surface area contributed by atoms with Gasteiger partial charge in [0.2, 0.25) is 0 Å². The van der Waals surface area contributed by atoms with Gasteiger partial charge in [0.1, 0.15) is 5.75 Å². The maximum Gasteiger partial charge on any atom is 0.127 e. The molecule has 0 bridgehead atoms. The molecule has 0 spiro atoms. The lowest BCUT2D eigenvalue weighted by atomic mass is 10.2. The number of nitrogens with one attached hydrogen (secondary N) is 1. The Balaban J connectivity index is 1.93. The SMILES string of the molecule is COc1ccncc1COC1CNC1. The van der Waals surface area contributed by atoms with Crippen LogP contribution in [0.2, 0.25) is 0 Å². The predicted molar refractivity (Wildman–Crippen MR) is 52.2 cm³/mol. The molecular formula is C10H14N2O2. The number of ether oxygens (including phenoxy) is 2. The number of rotatable bonds is 4. The molecule has 1 saturated heterocycles. The third-order valence-electron chi connectivity index (χ3n) is 2.30. The second-order valence-electron chi connectivity index (χ2n) is 3.28. The predicted octanol–water partition coefficient (Wildman–Crippen LogP) is 0.579. The number of hydrogen-bond donors (Lipinski definition) is 1. The summed E-state index contributed by atoms with van der Waals surface area (Å²) in [4.78, 5) is 4.04. The lowest BCUT2D eigenvalue weighted by Gasteiger charge is -2.27. The van der Waals surface area contributed by atoms with Gasteiger partial charge in [-0.3, -0.25) is 4.98 Å². The fraction of sp³-hybridized carbons (Fsp3) is 0.500. The Kier molecular flexibility index (Phi) is 2.96. The summed E-state index contributed by atoms with van der Waals surface area (Å²) in [6, 6.07) is 1.84. The lowest BCUT2D eigenvalue weighted by Crippen LogP contribution is -2.48. The van der Waals surface area contributed by atoms with Crippen LogP contribution in [0.1, 0.15) is 5.56 Å². The van der Waals surface area contributed by atoms with Crippen LogP contribution in [-0.4, -0.2) is 31.3 Å². The highest BCUT2D eigenvalue weighted by Crippen LogP contribution is 2.17. The van der Waals surface area contributed by atoms with Crippen LogP contribution in [0.3, 0.4) is 0 Å². The Morgan fingerprint density at radius 1 is 1.57 bits per heavy atom. The van der Waals surface area contributed by atoms with E-state index in [1.165, 1.54) is 0 Å². The normalized spacial score (nSPS) is 16.4. The van der Waals surface area contributed by atoms with Crippen molar-refractivity contribution in [2.45, 2.75) is 12.7 Å². The molecule has 1 aliphatic rings. The van der Waals surface area contributed by atoms with Crippen LogP contribution in [0.4, 0.5) is 0 Å². The summed E-state index contributed by atoms with van der Waals surface area (Å²) in [5, 5.41) is 3.15. The monoisotopic (exact) mass is 194 g/mol. The fourth-order valence-electron chi connectivity index (χ4n) is 1.31. The zero-order chi connectivity index (χ0) is 9.80. The minimum atomic E-state index is 0.347. The molecule has 14 heavy (non-hydrogen) atoms. The molecule has 1 aromatic rings. The van der Waals surface area contributed by atoms with Crippen molar-refractivity contribution in [2.24, 2.45) is 0 Å². The van der Waals surface area contributed by atoms with E-state index in [9.17, 15) is 0 Å². The Bertz CT molecular complexity index is 300. The van der Waals surface area contributed by atoms with Gasteiger partial charge >= 0.3 is 0 Å². The van der Waals surface area contributed by atoms with Crippen molar-refractivity contribution in [3.63, 3.8) is 0 Å². The molecule has 4 nitrogen and oxygen atoms in total. The molecule has 0 atom stereocenters. The van der Waals surface area contributed by atoms with E-state index in [-0.39, 0.29) is 0 Å². The van der Waals surface area contributed by atoms with E-state index in [4.69, 9.17) is 9.47 Å². The number of hydrogen-bond acceptors (Lipinski definition) is 4. The van der Waals surface area contributed by atoms with Gasteiger partial charge in [-0.05, 0) is 6.07 Å². The lowest BCUT2D eigenvalue weighted by molar-refractivity contribution is 0.00669. The summed E-state index contributed by atoms with van der Waals surface area (Å²) in [6.45, 7) is 2.47. The molecule has 1 fully saturated rings. The van der Waals surface area contributed by atoms with E-state index in [1.807, 2.05) is 6.07 Å². The van der Waals surface area contributed by atoms with Crippen LogP contribution in [0.15, 0.2) is 18.5 Å². The number of aromatic nitrogens is 1. The van der Waals surface area contributed by atoms with E-state index in [1.54, 1.807) is 19.5 Å². The van der Waals surface area contributed by atoms with E-state index in [2.05, 4.69) is 10.3 Å². The topological polar surface area (TPSA) is 43.4 Å². The van der Waals surface area contributed by atoms with Gasteiger partial charge in [0, 0.05) is 31.0 Å². The van der Waals surface area contributed by atoms with Crippen molar-refractivity contribution in [1.82, 2.24) is 10.3 Å². The number of pyridine rings is 1. The summed E-state index contributed by atoms with van der Waals surface area (Å²) >= 11 is 0. The van der Waals surface area contributed by atoms with Gasteiger partial charge in [0.15, 0.2) is 0 Å². The highest BCUT2D eigenvalue weighted by molar-refractivity contribution is 5.29. The molecule has 0 radical (unpaired) electrons. The van der Waals surface area contributed by atoms with Crippen LogP contribution < -0.4 is 10.1 Å². The van der Waals surface area contributed by atoms with Gasteiger partial charge in [0.25, 0.3) is 0 Å². The van der Waals surface area contributed by atoms with Crippen LogP contribution >= 0.6 is 0 Å². The smallest absolute Gasteiger partial charge is 0.127 e. The second-order valence-corrected chi connectivity index (χ2v) is 3.28. The summed E-state index contributed by atoms with van der Waals surface area (Å²) in [5.41, 5.74) is 1.00. The van der Waals surface area contributed by atoms with Crippen LogP contribution in [-0.2, 0) is 11.3 Å². The van der Waals surface area contributed by atoms with Crippen molar-refractivity contribution >= 4 is 0 Å². The van der Waals surface area contributed by atoms with Crippen molar-refractivity contribution < 1.29 is 9.47 Å². The van der Waals surface area contributed by atoms with E-state index < -0.39 is 0 Å². The number of methoxy groups -OCH3 is 1. The molecule has 1 aromatic heterocycles. The minimum absolute atomic E-state index is 0.347. The molecule has 4 heteroatoms. The van der Waals surface area contributed by atoms with E-state index in [0.717, 1.165) is 24.4 Å². The zero-order valence-corrected chi connectivity index (χ0v) is 8.19. The Labute approximate surface area is 83.2 Å². The first kappa shape index (κ1) is 9.43. The van der Waals surface area contributed by atoms with Gasteiger partial charge in [0.05, 0.1) is 19.8 Å². The van der Waals surface area contributed by atoms with Gasteiger partial charge in [-0.1, -0.05) is 0 Å². The molecule has 0 amide bonds. The van der Waals surface area contributed by atoms with Gasteiger partial charge in [-0.2, -0.15) is 0 Å². The maximum atomic E-state index is 5.62. The molecular weight excluding hydrogens is 180 g/mol. The van der Waals surface area contributed by atoms with Crippen molar-refractivity contribution in [3.8, 4) is 5.75 Å². The van der Waals surface area contributed by atoms with E-state index >= 15 is 0 Å². The molecule has 0 unspecified atom stereocenters. The quantitative estimate of drug-likeness (QED) is 0.761. The molecule has 0 aromatic carbocycles. The van der Waals surface area contributed by atoms with Crippen LogP contribution in [0.5, 0.6) is 5.75 Å². The van der Waals surface area contributed by atoms with Gasteiger partial charge in [-0.25, -0.2) is 0 Å². The van der Waals surface area contributed by atoms with Crippen molar-refractivity contribution in [2.75, 3.05) is 20.2 Å². The maximum absolute atomic E-state index is 5.62. The molecule has 0 saturated carbocycles. The molecule has 0 aliphatic carbocycles. The Hall–Kier alpha value is -1.13. The third kappa shape index (κ3) is 2.02. The van der Waals surface area contributed by atoms with Gasteiger partial charge < -0.3 is 14.8 Å². The first-order valence-electron chi connectivity index (χ1n) is 4.69. The Morgan fingerprint density at radius 2 is 2.43 bits per heavy atom. The molecule has 1 N–H and O–H groups in total. The minimum Gasteiger partial charge on any atom is -0.496 e. The average molecular weight is 194 g/mol. The largest absolute Gasteiger partial charge is 0.496 e. The molecule has 2 rings (SSSR count). The Morgan fingerprint density at radius 3 is 3.07 bits per heavy atom. The fourth-order valence-corrected chi connectivity index (χ4v) is 1.31. The summed E-state index contributed by atoms with van der Waals surface area (Å²) in [5.74, 6) is 0.840. The van der Waals surface area contributed by atoms with Gasteiger partial charge in [-0.15, -0.1) is 0 Å². The molecule has 2 heterocycles. The first-order valence-corrected chi connectivity index (χ1v) is 4.69. The zero-order valence-electron chi connectivity index (χ0n) is 8.19. The van der Waals surface area contributed by atoms with Crippen molar-refractivity contribution in [1.29, 1.82) is 0 Å². The molecule has 1 aliphatic heterocycles. The average Bonchev–Trinajstić information content (AvgIpc) is 2.16. The number of nitrogens with zero attached hydrogens (tertiary/aromatic N) is 1. The summed E-state index contributed by atoms with van der Waals surface area (Å²) in [7, 11) is 1.66. The standard InChI is InChI=1S/C10H14N2O2/c1-13-10-2-3-11-4-8(10)7-14-9-5-12-6-9/h2-4,9,12H,5-7H2,1H3. The van der Waals surface area contributed by atoms with Crippen molar-refractivity contribution in [3.05, 3.63) is 24.0 Å².